The highest BCUT2D eigenvalue weighted by molar-refractivity contribution is 9.10. The van der Waals surface area contributed by atoms with Crippen molar-refractivity contribution in [3.8, 4) is 11.1 Å². The van der Waals surface area contributed by atoms with Gasteiger partial charge >= 0.3 is 0 Å². The second-order valence-electron chi connectivity index (χ2n) is 13.4. The van der Waals surface area contributed by atoms with Crippen LogP contribution in [0.5, 0.6) is 0 Å². The number of carbonyl (C=O) groups is 3. The summed E-state index contributed by atoms with van der Waals surface area (Å²) >= 11 is 3.39. The van der Waals surface area contributed by atoms with E-state index < -0.39 is 6.04 Å². The molecule has 4 heterocycles. The van der Waals surface area contributed by atoms with Crippen molar-refractivity contribution in [1.82, 2.24) is 34.5 Å². The summed E-state index contributed by atoms with van der Waals surface area (Å²) in [5, 5.41) is 8.47. The first kappa shape index (κ1) is 30.6. The molecule has 0 unspecified atom stereocenters. The first-order valence-electron chi connectivity index (χ1n) is 15.7. The van der Waals surface area contributed by atoms with Gasteiger partial charge in [0, 0.05) is 48.3 Å². The number of fused-ring (bicyclic) bond motifs is 2. The average Bonchev–Trinajstić information content (AvgIpc) is 3.91. The standard InChI is InChI=1S/C34H37BrN8O3/c1-18-6-9-28(35)38-32(18)39-33(46)26-12-34(17-41(4)5)13-27(34)43(26)29(45)16-42-31-24(21-7-8-21)10-22(23-14-36-20(3)37-15-23)11-25(31)30(40-42)19(2)44/h6,9-11,14-15,21,26-27H,7-8,12-13,16-17H2,1-5H3,(H,38,39,46)/t26-,27+,34-/m0/s1. The Morgan fingerprint density at radius 3 is 2.48 bits per heavy atom. The first-order valence-corrected chi connectivity index (χ1v) is 16.5. The molecule has 2 saturated carbocycles. The van der Waals surface area contributed by atoms with Crippen LogP contribution in [-0.2, 0) is 16.1 Å². The number of aryl methyl sites for hydroxylation is 2. The van der Waals surface area contributed by atoms with Gasteiger partial charge in [-0.25, -0.2) is 15.0 Å². The molecule has 12 heteroatoms. The summed E-state index contributed by atoms with van der Waals surface area (Å²) in [7, 11) is 4.04. The third-order valence-electron chi connectivity index (χ3n) is 9.57. The number of anilines is 1. The molecule has 46 heavy (non-hydrogen) atoms. The number of amides is 2. The Balaban J connectivity index is 1.25. The molecule has 1 N–H and O–H groups in total. The number of aromatic nitrogens is 5. The van der Waals surface area contributed by atoms with Crippen LogP contribution in [0.1, 0.15) is 66.0 Å². The zero-order chi connectivity index (χ0) is 32.5. The lowest BCUT2D eigenvalue weighted by Gasteiger charge is -2.27. The SMILES string of the molecule is CC(=O)c1nn(CC(=O)N2[C@H](C(=O)Nc3nc(Br)ccc3C)C[C@@]3(CN(C)C)C[C@@H]23)c2c(C3CC3)cc(-c3cnc(C)nc3)cc12. The monoisotopic (exact) mass is 684 g/mol. The Morgan fingerprint density at radius 1 is 1.07 bits per heavy atom. The number of nitrogens with zero attached hydrogens (tertiary/aromatic N) is 7. The van der Waals surface area contributed by atoms with Gasteiger partial charge in [-0.05, 0) is 110 Å². The summed E-state index contributed by atoms with van der Waals surface area (Å²) in [6.45, 7) is 5.96. The molecular formula is C34H37BrN8O3. The number of likely N-dealkylation sites (tertiary alicyclic amines) is 1. The number of piperidine rings is 1. The average molecular weight is 686 g/mol. The van der Waals surface area contributed by atoms with Crippen LogP contribution in [0, 0.1) is 19.3 Å². The molecule has 0 radical (unpaired) electrons. The molecule has 1 saturated heterocycles. The molecule has 238 valence electrons. The number of benzene rings is 1. The predicted octanol–water partition coefficient (Wildman–Crippen LogP) is 4.91. The lowest BCUT2D eigenvalue weighted by Crippen LogP contribution is -2.47. The largest absolute Gasteiger partial charge is 0.325 e. The maximum Gasteiger partial charge on any atom is 0.248 e. The molecule has 7 rings (SSSR count). The van der Waals surface area contributed by atoms with Crippen LogP contribution in [0.25, 0.3) is 22.0 Å². The third-order valence-corrected chi connectivity index (χ3v) is 10.0. The Hall–Kier alpha value is -4.03. The van der Waals surface area contributed by atoms with E-state index in [2.05, 4.69) is 47.2 Å². The van der Waals surface area contributed by atoms with Gasteiger partial charge in [0.05, 0.1) is 5.52 Å². The van der Waals surface area contributed by atoms with E-state index >= 15 is 0 Å². The maximum absolute atomic E-state index is 14.4. The molecule has 3 fully saturated rings. The van der Waals surface area contributed by atoms with Gasteiger partial charge in [0.15, 0.2) is 5.78 Å². The summed E-state index contributed by atoms with van der Waals surface area (Å²) < 4.78 is 2.32. The maximum atomic E-state index is 14.4. The van der Waals surface area contributed by atoms with Crippen molar-refractivity contribution in [1.29, 1.82) is 0 Å². The number of carbonyl (C=O) groups excluding carboxylic acids is 3. The van der Waals surface area contributed by atoms with E-state index in [-0.39, 0.29) is 35.6 Å². The molecule has 2 aliphatic carbocycles. The van der Waals surface area contributed by atoms with Gasteiger partial charge in [0.25, 0.3) is 0 Å². The Kier molecular flexibility index (Phi) is 7.55. The Labute approximate surface area is 275 Å². The minimum Gasteiger partial charge on any atom is -0.325 e. The van der Waals surface area contributed by atoms with Crippen molar-refractivity contribution in [3.05, 3.63) is 63.9 Å². The van der Waals surface area contributed by atoms with E-state index in [4.69, 9.17) is 5.10 Å². The summed E-state index contributed by atoms with van der Waals surface area (Å²) in [5.74, 6) is 0.886. The molecular weight excluding hydrogens is 648 g/mol. The molecule has 3 aromatic heterocycles. The number of Topliss-reactive ketones (excluding diaryl/α,β-unsaturated/α-hetero) is 1. The number of ketones is 1. The zero-order valence-corrected chi connectivity index (χ0v) is 28.3. The van der Waals surface area contributed by atoms with Gasteiger partial charge in [0.1, 0.15) is 34.5 Å². The quantitative estimate of drug-likeness (QED) is 0.195. The van der Waals surface area contributed by atoms with Gasteiger partial charge in [0.2, 0.25) is 11.8 Å². The third kappa shape index (κ3) is 5.51. The molecule has 0 bridgehead atoms. The van der Waals surface area contributed by atoms with E-state index in [9.17, 15) is 14.4 Å². The fourth-order valence-electron chi connectivity index (χ4n) is 7.25. The summed E-state index contributed by atoms with van der Waals surface area (Å²) in [6.07, 6.45) is 7.08. The second kappa shape index (κ2) is 11.3. The Bertz CT molecular complexity index is 1900. The summed E-state index contributed by atoms with van der Waals surface area (Å²) in [5.41, 5.74) is 4.69. The predicted molar refractivity (Wildman–Crippen MR) is 177 cm³/mol. The number of hydrogen-bond acceptors (Lipinski definition) is 8. The van der Waals surface area contributed by atoms with Crippen molar-refractivity contribution in [2.45, 2.75) is 71.0 Å². The smallest absolute Gasteiger partial charge is 0.248 e. The minimum absolute atomic E-state index is 0.0418. The fourth-order valence-corrected chi connectivity index (χ4v) is 7.56. The number of halogens is 1. The van der Waals surface area contributed by atoms with Crippen molar-refractivity contribution in [3.63, 3.8) is 0 Å². The van der Waals surface area contributed by atoms with E-state index in [0.29, 0.717) is 34.3 Å². The second-order valence-corrected chi connectivity index (χ2v) is 14.3. The van der Waals surface area contributed by atoms with Gasteiger partial charge in [-0.1, -0.05) is 6.07 Å². The molecule has 3 atom stereocenters. The van der Waals surface area contributed by atoms with Crippen LogP contribution < -0.4 is 5.32 Å². The van der Waals surface area contributed by atoms with Crippen molar-refractivity contribution in [2.24, 2.45) is 5.41 Å². The van der Waals surface area contributed by atoms with Crippen LogP contribution in [0.15, 0.2) is 41.3 Å². The highest BCUT2D eigenvalue weighted by atomic mass is 79.9. The van der Waals surface area contributed by atoms with Crippen molar-refractivity contribution < 1.29 is 14.4 Å². The summed E-state index contributed by atoms with van der Waals surface area (Å²) in [4.78, 5) is 58.2. The van der Waals surface area contributed by atoms with Crippen LogP contribution in [0.2, 0.25) is 0 Å². The highest BCUT2D eigenvalue weighted by Crippen LogP contribution is 2.60. The van der Waals surface area contributed by atoms with Crippen LogP contribution in [0.4, 0.5) is 5.82 Å². The van der Waals surface area contributed by atoms with E-state index in [1.807, 2.05) is 46.1 Å². The zero-order valence-electron chi connectivity index (χ0n) is 26.7. The van der Waals surface area contributed by atoms with Crippen LogP contribution >= 0.6 is 15.9 Å². The molecule has 4 aromatic rings. The summed E-state index contributed by atoms with van der Waals surface area (Å²) in [6, 6.07) is 7.12. The van der Waals surface area contributed by atoms with Gasteiger partial charge in [-0.2, -0.15) is 5.10 Å². The van der Waals surface area contributed by atoms with Crippen LogP contribution in [-0.4, -0.2) is 84.9 Å². The Morgan fingerprint density at radius 2 is 1.80 bits per heavy atom. The molecule has 0 spiro atoms. The molecule has 11 nitrogen and oxygen atoms in total. The fraction of sp³-hybridized carbons (Fsp3) is 0.441. The first-order chi connectivity index (χ1) is 21.9. The molecule has 1 aliphatic heterocycles. The van der Waals surface area contributed by atoms with E-state index in [0.717, 1.165) is 59.0 Å². The molecule has 2 amide bonds. The number of hydrogen-bond donors (Lipinski definition) is 1. The van der Waals surface area contributed by atoms with E-state index in [1.165, 1.54) is 6.92 Å². The number of nitrogens with one attached hydrogen (secondary N) is 1. The normalized spacial score (nSPS) is 21.9. The van der Waals surface area contributed by atoms with Crippen molar-refractivity contribution >= 4 is 50.2 Å². The number of rotatable bonds is 9. The lowest BCUT2D eigenvalue weighted by atomic mass is 9.98. The topological polar surface area (TPSA) is 126 Å². The van der Waals surface area contributed by atoms with E-state index in [1.54, 1.807) is 22.0 Å². The number of pyridine rings is 1. The van der Waals surface area contributed by atoms with Gasteiger partial charge < -0.3 is 15.1 Å². The van der Waals surface area contributed by atoms with Gasteiger partial charge in [-0.3, -0.25) is 19.1 Å². The van der Waals surface area contributed by atoms with Crippen LogP contribution in [0.3, 0.4) is 0 Å². The lowest BCUT2D eigenvalue weighted by molar-refractivity contribution is -0.138. The van der Waals surface area contributed by atoms with Crippen molar-refractivity contribution in [2.75, 3.05) is 26.0 Å². The minimum atomic E-state index is -0.642. The van der Waals surface area contributed by atoms with Gasteiger partial charge in [-0.15, -0.1) is 0 Å². The highest BCUT2D eigenvalue weighted by Gasteiger charge is 2.67. The molecule has 1 aromatic carbocycles. The molecule has 3 aliphatic rings.